The van der Waals surface area contributed by atoms with Gasteiger partial charge in [-0.25, -0.2) is 9.79 Å². The Morgan fingerprint density at radius 3 is 2.52 bits per heavy atom. The van der Waals surface area contributed by atoms with Crippen LogP contribution in [0, 0.1) is 0 Å². The first kappa shape index (κ1) is 26.0. The molecule has 6 rings (SSSR count). The molecule has 5 aromatic rings. The molecule has 0 radical (unpaired) electrons. The monoisotopic (exact) mass is 567 g/mol. The number of thiazole rings is 1. The van der Waals surface area contributed by atoms with Crippen LogP contribution in [-0.4, -0.2) is 21.7 Å². The van der Waals surface area contributed by atoms with Crippen molar-refractivity contribution >= 4 is 45.9 Å². The van der Waals surface area contributed by atoms with Crippen LogP contribution in [0.15, 0.2) is 106 Å². The zero-order chi connectivity index (χ0) is 27.8. The van der Waals surface area contributed by atoms with Gasteiger partial charge in [0.2, 0.25) is 0 Å². The van der Waals surface area contributed by atoms with Crippen LogP contribution in [0.3, 0.4) is 0 Å². The van der Waals surface area contributed by atoms with Crippen molar-refractivity contribution in [1.29, 1.82) is 0 Å². The predicted octanol–water partition coefficient (Wildman–Crippen LogP) is 5.45. The molecule has 1 atom stereocenters. The third kappa shape index (κ3) is 4.72. The summed E-state index contributed by atoms with van der Waals surface area (Å²) in [6, 6.07) is 27.0. The molecule has 8 heteroatoms. The van der Waals surface area contributed by atoms with Gasteiger partial charge in [-0.3, -0.25) is 9.36 Å². The maximum absolute atomic E-state index is 14.0. The van der Waals surface area contributed by atoms with E-state index < -0.39 is 12.0 Å². The number of hydrogen-bond acceptors (Lipinski definition) is 5. The Hall–Kier alpha value is -4.20. The lowest BCUT2D eigenvalue weighted by Crippen LogP contribution is -2.40. The smallest absolute Gasteiger partial charge is 0.338 e. The first-order valence-corrected chi connectivity index (χ1v) is 14.2. The first-order valence-electron chi connectivity index (χ1n) is 13.0. The van der Waals surface area contributed by atoms with Crippen molar-refractivity contribution in [3.63, 3.8) is 0 Å². The number of benzene rings is 3. The lowest BCUT2D eigenvalue weighted by Gasteiger charge is -2.24. The maximum atomic E-state index is 14.0. The molecule has 0 saturated heterocycles. The van der Waals surface area contributed by atoms with Gasteiger partial charge in [0, 0.05) is 28.2 Å². The number of ether oxygens (including phenoxy) is 1. The Bertz CT molecular complexity index is 1950. The van der Waals surface area contributed by atoms with E-state index in [9.17, 15) is 9.59 Å². The minimum atomic E-state index is -0.626. The average Bonchev–Trinajstić information content (AvgIpc) is 3.46. The van der Waals surface area contributed by atoms with Crippen molar-refractivity contribution in [3.05, 3.63) is 138 Å². The molecule has 0 amide bonds. The molecule has 1 unspecified atom stereocenters. The summed E-state index contributed by atoms with van der Waals surface area (Å²) >= 11 is 7.44. The van der Waals surface area contributed by atoms with Gasteiger partial charge in [-0.05, 0) is 55.3 Å². The second-order valence-corrected chi connectivity index (χ2v) is 11.0. The maximum Gasteiger partial charge on any atom is 0.338 e. The first-order chi connectivity index (χ1) is 19.4. The molecule has 0 spiro atoms. The zero-order valence-corrected chi connectivity index (χ0v) is 23.6. The van der Waals surface area contributed by atoms with Gasteiger partial charge in [-0.2, -0.15) is 0 Å². The molecule has 3 aromatic carbocycles. The molecule has 200 valence electrons. The lowest BCUT2D eigenvalue weighted by atomic mass is 9.96. The van der Waals surface area contributed by atoms with Crippen molar-refractivity contribution in [2.24, 2.45) is 4.99 Å². The number of carbonyl (C=O) groups excluding carboxylic acids is 1. The molecule has 0 bridgehead atoms. The van der Waals surface area contributed by atoms with E-state index in [1.54, 1.807) is 18.4 Å². The topological polar surface area (TPSA) is 65.6 Å². The third-order valence-electron chi connectivity index (χ3n) is 7.01. The zero-order valence-electron chi connectivity index (χ0n) is 22.0. The Balaban J connectivity index is 1.54. The summed E-state index contributed by atoms with van der Waals surface area (Å²) in [6.07, 6.45) is 1.92. The number of aromatic nitrogens is 2. The van der Waals surface area contributed by atoms with E-state index in [4.69, 9.17) is 21.3 Å². The molecule has 0 N–H and O–H groups in total. The van der Waals surface area contributed by atoms with E-state index in [0.717, 1.165) is 27.7 Å². The summed E-state index contributed by atoms with van der Waals surface area (Å²) < 4.78 is 9.74. The molecule has 0 saturated carbocycles. The Morgan fingerprint density at radius 2 is 1.77 bits per heavy atom. The quantitative estimate of drug-likeness (QED) is 0.256. The lowest BCUT2D eigenvalue weighted by molar-refractivity contribution is -0.139. The average molecular weight is 568 g/mol. The second-order valence-electron chi connectivity index (χ2n) is 9.55. The van der Waals surface area contributed by atoms with E-state index in [1.165, 1.54) is 11.3 Å². The fourth-order valence-electron chi connectivity index (χ4n) is 5.18. The molecule has 1 aliphatic rings. The number of para-hydroxylation sites is 1. The normalized spacial score (nSPS) is 15.3. The summed E-state index contributed by atoms with van der Waals surface area (Å²) in [5.74, 6) is -0.463. The fraction of sp³-hybridized carbons (Fsp3) is 0.156. The van der Waals surface area contributed by atoms with Crippen molar-refractivity contribution in [2.45, 2.75) is 26.4 Å². The molecule has 1 aliphatic heterocycles. The van der Waals surface area contributed by atoms with Crippen molar-refractivity contribution < 1.29 is 9.53 Å². The van der Waals surface area contributed by atoms with Gasteiger partial charge in [0.25, 0.3) is 5.56 Å². The summed E-state index contributed by atoms with van der Waals surface area (Å²) in [5.41, 5.74) is 4.62. The number of halogens is 1. The highest BCUT2D eigenvalue weighted by Crippen LogP contribution is 2.30. The number of hydrogen-bond donors (Lipinski definition) is 0. The molecular weight excluding hydrogens is 542 g/mol. The van der Waals surface area contributed by atoms with Crippen LogP contribution in [0.1, 0.15) is 36.7 Å². The van der Waals surface area contributed by atoms with E-state index in [1.807, 2.05) is 72.8 Å². The Morgan fingerprint density at radius 1 is 1.05 bits per heavy atom. The molecule has 2 aromatic heterocycles. The van der Waals surface area contributed by atoms with Crippen molar-refractivity contribution in [2.75, 3.05) is 6.61 Å². The van der Waals surface area contributed by atoms with Gasteiger partial charge < -0.3 is 9.30 Å². The van der Waals surface area contributed by atoms with Crippen LogP contribution in [-0.2, 0) is 16.1 Å². The summed E-state index contributed by atoms with van der Waals surface area (Å²) in [7, 11) is 0. The molecule has 3 heterocycles. The van der Waals surface area contributed by atoms with Gasteiger partial charge in [0.15, 0.2) is 4.80 Å². The van der Waals surface area contributed by atoms with E-state index in [0.29, 0.717) is 32.2 Å². The standard InChI is InChI=1S/C32H26ClN3O3S/c1-3-39-31(38)28-20(2)34-32-36(29(28)22-9-5-4-6-10-22)30(37)27(40-32)18-25-17-23-11-7-8-12-26(23)35(25)19-21-13-15-24(33)16-14-21/h4-18,29H,3,19H2,1-2H3. The van der Waals surface area contributed by atoms with Gasteiger partial charge in [-0.1, -0.05) is 83.6 Å². The number of esters is 1. The fourth-order valence-corrected chi connectivity index (χ4v) is 6.33. The minimum Gasteiger partial charge on any atom is -0.463 e. The van der Waals surface area contributed by atoms with Crippen LogP contribution < -0.4 is 14.9 Å². The number of fused-ring (bicyclic) bond motifs is 2. The Kier molecular flexibility index (Phi) is 7.00. The van der Waals surface area contributed by atoms with Gasteiger partial charge in [-0.15, -0.1) is 0 Å². The summed E-state index contributed by atoms with van der Waals surface area (Å²) in [5, 5.41) is 1.77. The highest BCUT2D eigenvalue weighted by molar-refractivity contribution is 7.07. The van der Waals surface area contributed by atoms with Crippen molar-refractivity contribution in [3.8, 4) is 0 Å². The van der Waals surface area contributed by atoms with Crippen LogP contribution in [0.25, 0.3) is 17.0 Å². The van der Waals surface area contributed by atoms with Crippen LogP contribution >= 0.6 is 22.9 Å². The number of rotatable bonds is 6. The number of allylic oxidation sites excluding steroid dienone is 1. The van der Waals surface area contributed by atoms with E-state index in [2.05, 4.69) is 22.8 Å². The highest BCUT2D eigenvalue weighted by atomic mass is 35.5. The third-order valence-corrected chi connectivity index (χ3v) is 8.24. The van der Waals surface area contributed by atoms with Crippen molar-refractivity contribution in [1.82, 2.24) is 9.13 Å². The van der Waals surface area contributed by atoms with Crippen LogP contribution in [0.5, 0.6) is 0 Å². The second kappa shape index (κ2) is 10.8. The molecule has 40 heavy (non-hydrogen) atoms. The SMILES string of the molecule is CCOC(=O)C1=C(C)N=c2sc(=Cc3cc4ccccc4n3Cc3ccc(Cl)cc3)c(=O)n2C1c1ccccc1. The van der Waals surface area contributed by atoms with Gasteiger partial charge >= 0.3 is 5.97 Å². The summed E-state index contributed by atoms with van der Waals surface area (Å²) in [4.78, 5) is 32.4. The number of carbonyl (C=O) groups is 1. The van der Waals surface area contributed by atoms with Gasteiger partial charge in [0.1, 0.15) is 0 Å². The van der Waals surface area contributed by atoms with E-state index in [-0.39, 0.29) is 12.2 Å². The largest absolute Gasteiger partial charge is 0.463 e. The number of nitrogens with zero attached hydrogens (tertiary/aromatic N) is 3. The minimum absolute atomic E-state index is 0.199. The van der Waals surface area contributed by atoms with Gasteiger partial charge in [0.05, 0.1) is 28.5 Å². The summed E-state index contributed by atoms with van der Waals surface area (Å²) in [6.45, 7) is 4.42. The predicted molar refractivity (Wildman–Crippen MR) is 159 cm³/mol. The van der Waals surface area contributed by atoms with E-state index >= 15 is 0 Å². The Labute approximate surface area is 239 Å². The molecule has 0 fully saturated rings. The van der Waals surface area contributed by atoms with Crippen LogP contribution in [0.4, 0.5) is 0 Å². The van der Waals surface area contributed by atoms with Crippen LogP contribution in [0.2, 0.25) is 5.02 Å². The highest BCUT2D eigenvalue weighted by Gasteiger charge is 2.33. The molecule has 0 aliphatic carbocycles. The molecular formula is C32H26ClN3O3S. The molecule has 6 nitrogen and oxygen atoms in total.